The normalized spacial score (nSPS) is 11.6. The van der Waals surface area contributed by atoms with Crippen molar-refractivity contribution in [3.63, 3.8) is 0 Å². The minimum atomic E-state index is -4.41. The maximum atomic E-state index is 13.2. The third kappa shape index (κ3) is 7.70. The van der Waals surface area contributed by atoms with Crippen LogP contribution in [0.2, 0.25) is 10.0 Å². The Morgan fingerprint density at radius 3 is 2.34 bits per heavy atom. The number of imidazole rings is 1. The van der Waals surface area contributed by atoms with E-state index in [1.54, 1.807) is 42.5 Å². The smallest absolute Gasteiger partial charge is 0.416 e. The lowest BCUT2D eigenvalue weighted by atomic mass is 10.0. The lowest BCUT2D eigenvalue weighted by Crippen LogP contribution is -2.12. The predicted molar refractivity (Wildman–Crippen MR) is 167 cm³/mol. The zero-order valence-electron chi connectivity index (χ0n) is 23.3. The first-order chi connectivity index (χ1) is 21.1. The van der Waals surface area contributed by atoms with Crippen molar-refractivity contribution in [2.45, 2.75) is 12.7 Å². The van der Waals surface area contributed by atoms with E-state index in [1.807, 2.05) is 53.2 Å². The fourth-order valence-corrected chi connectivity index (χ4v) is 4.94. The van der Waals surface area contributed by atoms with Gasteiger partial charge in [-0.15, -0.1) is 0 Å². The van der Waals surface area contributed by atoms with Crippen LogP contribution >= 0.6 is 23.2 Å². The molecule has 44 heavy (non-hydrogen) atoms. The Morgan fingerprint density at radius 1 is 0.909 bits per heavy atom. The molecule has 0 atom stereocenters. The van der Waals surface area contributed by atoms with Crippen LogP contribution in [0.25, 0.3) is 34.5 Å². The maximum Gasteiger partial charge on any atom is 0.416 e. The molecule has 10 heteroatoms. The molecular weight excluding hydrogens is 612 g/mol. The Balaban J connectivity index is 1.40. The Kier molecular flexibility index (Phi) is 9.42. The first-order valence-electron chi connectivity index (χ1n) is 13.4. The van der Waals surface area contributed by atoms with E-state index in [0.29, 0.717) is 45.0 Å². The molecule has 5 nitrogen and oxygen atoms in total. The van der Waals surface area contributed by atoms with E-state index in [9.17, 15) is 18.0 Å². The molecular formula is C34H25Cl2F3N2O3. The van der Waals surface area contributed by atoms with Crippen molar-refractivity contribution in [2.75, 3.05) is 13.7 Å². The van der Waals surface area contributed by atoms with Crippen LogP contribution in [-0.2, 0) is 22.3 Å². The summed E-state index contributed by atoms with van der Waals surface area (Å²) in [6, 6.07) is 25.0. The van der Waals surface area contributed by atoms with Gasteiger partial charge in [0.25, 0.3) is 0 Å². The zero-order valence-corrected chi connectivity index (χ0v) is 24.8. The van der Waals surface area contributed by atoms with Gasteiger partial charge in [-0.25, -0.2) is 9.78 Å². The van der Waals surface area contributed by atoms with E-state index in [4.69, 9.17) is 32.9 Å². The van der Waals surface area contributed by atoms with Crippen molar-refractivity contribution in [3.8, 4) is 28.1 Å². The summed E-state index contributed by atoms with van der Waals surface area (Å²) < 4.78 is 51.5. The molecule has 0 aliphatic heterocycles. The molecule has 0 bridgehead atoms. The van der Waals surface area contributed by atoms with Crippen LogP contribution in [0.3, 0.4) is 0 Å². The maximum absolute atomic E-state index is 13.2. The number of ether oxygens (including phenoxy) is 2. The molecule has 0 saturated heterocycles. The fourth-order valence-electron chi connectivity index (χ4n) is 4.44. The van der Waals surface area contributed by atoms with Crippen LogP contribution in [0.5, 0.6) is 5.75 Å². The summed E-state index contributed by atoms with van der Waals surface area (Å²) in [6.07, 6.45) is 1.23. The third-order valence-electron chi connectivity index (χ3n) is 6.73. The zero-order chi connectivity index (χ0) is 31.3. The Labute approximate surface area is 262 Å². The first-order valence-corrected chi connectivity index (χ1v) is 14.1. The number of hydrogen-bond acceptors (Lipinski definition) is 4. The number of alkyl halides is 3. The fraction of sp³-hybridized carbons (Fsp3) is 0.118. The highest BCUT2D eigenvalue weighted by atomic mass is 35.5. The van der Waals surface area contributed by atoms with Crippen molar-refractivity contribution in [1.29, 1.82) is 0 Å². The number of hydrogen-bond donors (Lipinski definition) is 0. The molecule has 0 fully saturated rings. The third-order valence-corrected chi connectivity index (χ3v) is 7.28. The van der Waals surface area contributed by atoms with Crippen LogP contribution in [0.15, 0.2) is 97.2 Å². The van der Waals surface area contributed by atoms with E-state index in [2.05, 4.69) is 4.74 Å². The SMILES string of the molecule is COC(=O)COc1ccc(Cn2cc(-c3ccc(Cl)cc3Cl)nc2/C=C/c2ccc(-c3cccc(C(F)(F)F)c3)cc2)cc1. The number of esters is 1. The van der Waals surface area contributed by atoms with Crippen LogP contribution < -0.4 is 4.74 Å². The van der Waals surface area contributed by atoms with Gasteiger partial charge in [0.15, 0.2) is 6.61 Å². The van der Waals surface area contributed by atoms with Crippen molar-refractivity contribution in [1.82, 2.24) is 9.55 Å². The predicted octanol–water partition coefficient (Wildman–Crippen LogP) is 9.31. The minimum Gasteiger partial charge on any atom is -0.482 e. The van der Waals surface area contributed by atoms with E-state index < -0.39 is 17.7 Å². The molecule has 5 rings (SSSR count). The van der Waals surface area contributed by atoms with E-state index in [-0.39, 0.29) is 6.61 Å². The minimum absolute atomic E-state index is 0.182. The van der Waals surface area contributed by atoms with Crippen LogP contribution in [0.4, 0.5) is 13.2 Å². The van der Waals surface area contributed by atoms with Gasteiger partial charge in [0.1, 0.15) is 11.6 Å². The molecule has 1 heterocycles. The molecule has 0 unspecified atom stereocenters. The molecule has 4 aromatic carbocycles. The van der Waals surface area contributed by atoms with Gasteiger partial charge >= 0.3 is 12.1 Å². The molecule has 1 aromatic heterocycles. The second-order valence-corrected chi connectivity index (χ2v) is 10.6. The summed E-state index contributed by atoms with van der Waals surface area (Å²) in [5.41, 5.74) is 3.65. The summed E-state index contributed by atoms with van der Waals surface area (Å²) in [4.78, 5) is 16.2. The second kappa shape index (κ2) is 13.4. The number of carbonyl (C=O) groups is 1. The highest BCUT2D eigenvalue weighted by molar-refractivity contribution is 6.36. The summed E-state index contributed by atoms with van der Waals surface area (Å²) in [5.74, 6) is 0.716. The second-order valence-electron chi connectivity index (χ2n) is 9.78. The van der Waals surface area contributed by atoms with Gasteiger partial charge in [-0.1, -0.05) is 77.8 Å². The molecule has 5 aromatic rings. The lowest BCUT2D eigenvalue weighted by molar-refractivity contribution is -0.143. The van der Waals surface area contributed by atoms with Crippen LogP contribution in [0.1, 0.15) is 22.5 Å². The van der Waals surface area contributed by atoms with Crippen molar-refractivity contribution >= 4 is 41.3 Å². The van der Waals surface area contributed by atoms with E-state index in [0.717, 1.165) is 28.8 Å². The summed E-state index contributed by atoms with van der Waals surface area (Å²) in [5, 5.41) is 0.983. The van der Waals surface area contributed by atoms with Gasteiger partial charge in [-0.05, 0) is 70.8 Å². The number of carbonyl (C=O) groups excluding carboxylic acids is 1. The van der Waals surface area contributed by atoms with Crippen molar-refractivity contribution in [2.24, 2.45) is 0 Å². The molecule has 0 N–H and O–H groups in total. The van der Waals surface area contributed by atoms with Crippen molar-refractivity contribution in [3.05, 3.63) is 130 Å². The molecule has 0 radical (unpaired) electrons. The summed E-state index contributed by atoms with van der Waals surface area (Å²) in [7, 11) is 1.30. The average molecular weight is 637 g/mol. The topological polar surface area (TPSA) is 53.4 Å². The lowest BCUT2D eigenvalue weighted by Gasteiger charge is -2.09. The van der Waals surface area contributed by atoms with Crippen LogP contribution in [0, 0.1) is 0 Å². The number of rotatable bonds is 9. The molecule has 0 aliphatic rings. The molecule has 224 valence electrons. The van der Waals surface area contributed by atoms with Gasteiger partial charge < -0.3 is 14.0 Å². The van der Waals surface area contributed by atoms with E-state index in [1.165, 1.54) is 13.2 Å². The standard InChI is InChI=1S/C34H25Cl2F3N2O3/c1-43-33(42)21-44-28-13-7-23(8-14-28)19-41-20-31(29-15-12-27(35)18-30(29)36)40-32(41)16-9-22-5-10-24(11-6-22)25-3-2-4-26(17-25)34(37,38)39/h2-18,20H,19,21H2,1H3/b16-9+. The molecule has 0 saturated carbocycles. The van der Waals surface area contributed by atoms with Gasteiger partial charge in [0, 0.05) is 23.3 Å². The Bertz CT molecular complexity index is 1800. The molecule has 0 spiro atoms. The number of aromatic nitrogens is 2. The number of nitrogens with zero attached hydrogens (tertiary/aromatic N) is 2. The van der Waals surface area contributed by atoms with E-state index >= 15 is 0 Å². The number of methoxy groups -OCH3 is 1. The molecule has 0 aliphatic carbocycles. The monoisotopic (exact) mass is 636 g/mol. The quantitative estimate of drug-likeness (QED) is 0.151. The Morgan fingerprint density at radius 2 is 1.66 bits per heavy atom. The highest BCUT2D eigenvalue weighted by Crippen LogP contribution is 2.33. The summed E-state index contributed by atoms with van der Waals surface area (Å²) in [6.45, 7) is 0.294. The Hall–Kier alpha value is -4.53. The van der Waals surface area contributed by atoms with Gasteiger partial charge in [-0.2, -0.15) is 13.2 Å². The summed E-state index contributed by atoms with van der Waals surface area (Å²) >= 11 is 12.6. The van der Waals surface area contributed by atoms with Gasteiger partial charge in [-0.3, -0.25) is 0 Å². The highest BCUT2D eigenvalue weighted by Gasteiger charge is 2.30. The first kappa shape index (κ1) is 30.9. The number of halogens is 5. The average Bonchev–Trinajstić information content (AvgIpc) is 3.41. The van der Waals surface area contributed by atoms with Crippen LogP contribution in [-0.4, -0.2) is 29.2 Å². The molecule has 0 amide bonds. The van der Waals surface area contributed by atoms with Crippen molar-refractivity contribution < 1.29 is 27.4 Å². The number of benzene rings is 4. The van der Waals surface area contributed by atoms with Gasteiger partial charge in [0.05, 0.1) is 23.4 Å². The largest absolute Gasteiger partial charge is 0.482 e. The van der Waals surface area contributed by atoms with Gasteiger partial charge in [0.2, 0.25) is 0 Å².